The van der Waals surface area contributed by atoms with Crippen LogP contribution in [0.3, 0.4) is 0 Å². The Hall–Kier alpha value is -2.40. The summed E-state index contributed by atoms with van der Waals surface area (Å²) in [6.45, 7) is 4.01. The second-order valence-electron chi connectivity index (χ2n) is 20.8. The van der Waals surface area contributed by atoms with Gasteiger partial charge in [0.25, 0.3) is 0 Å². The van der Waals surface area contributed by atoms with Gasteiger partial charge in [-0.3, -0.25) is 9.59 Å². The Morgan fingerprint density at radius 1 is 0.343 bits per heavy atom. The maximum atomic E-state index is 12.2. The van der Waals surface area contributed by atoms with E-state index in [1.165, 1.54) is 231 Å². The van der Waals surface area contributed by atoms with Crippen molar-refractivity contribution in [3.05, 3.63) is 60.8 Å². The Morgan fingerprint density at radius 2 is 0.614 bits per heavy atom. The first kappa shape index (κ1) is 67.6. The van der Waals surface area contributed by atoms with Crippen LogP contribution in [0.5, 0.6) is 0 Å². The summed E-state index contributed by atoms with van der Waals surface area (Å²) in [5, 5.41) is 9.63. The second-order valence-corrected chi connectivity index (χ2v) is 20.8. The van der Waals surface area contributed by atoms with Crippen molar-refractivity contribution in [2.45, 2.75) is 328 Å². The highest BCUT2D eigenvalue weighted by Gasteiger charge is 2.16. The zero-order valence-corrected chi connectivity index (χ0v) is 46.8. The molecule has 5 nitrogen and oxygen atoms in total. The summed E-state index contributed by atoms with van der Waals surface area (Å²) >= 11 is 0. The molecule has 0 aromatic heterocycles. The van der Waals surface area contributed by atoms with Crippen LogP contribution in [-0.4, -0.2) is 36.4 Å². The smallest absolute Gasteiger partial charge is 0.306 e. The number of aliphatic hydroxyl groups excluding tert-OH is 1. The van der Waals surface area contributed by atoms with Crippen molar-refractivity contribution in [3.8, 4) is 0 Å². The summed E-state index contributed by atoms with van der Waals surface area (Å²) in [5.41, 5.74) is 0. The van der Waals surface area contributed by atoms with Gasteiger partial charge in [0, 0.05) is 12.8 Å². The van der Waals surface area contributed by atoms with Crippen LogP contribution in [0.15, 0.2) is 60.8 Å². The van der Waals surface area contributed by atoms with E-state index < -0.39 is 6.10 Å². The minimum Gasteiger partial charge on any atom is -0.462 e. The molecular weight excluding hydrogens is 861 g/mol. The van der Waals surface area contributed by atoms with Crippen LogP contribution in [0.2, 0.25) is 0 Å². The molecule has 0 aliphatic heterocycles. The topological polar surface area (TPSA) is 72.8 Å². The van der Waals surface area contributed by atoms with Gasteiger partial charge in [0.05, 0.1) is 6.61 Å². The Bertz CT molecular complexity index is 1200. The average Bonchev–Trinajstić information content (AvgIpc) is 3.36. The van der Waals surface area contributed by atoms with E-state index in [1.54, 1.807) is 0 Å². The number of hydrogen-bond acceptors (Lipinski definition) is 5. The number of unbranched alkanes of at least 4 members (excludes halogenated alkanes) is 39. The summed E-state index contributed by atoms with van der Waals surface area (Å²) in [4.78, 5) is 24.5. The van der Waals surface area contributed by atoms with Crippen molar-refractivity contribution in [1.82, 2.24) is 0 Å². The van der Waals surface area contributed by atoms with Crippen LogP contribution in [0.4, 0.5) is 0 Å². The monoisotopic (exact) mass is 979 g/mol. The first-order valence-corrected chi connectivity index (χ1v) is 30.8. The highest BCUT2D eigenvalue weighted by molar-refractivity contribution is 5.70. The van der Waals surface area contributed by atoms with E-state index in [9.17, 15) is 14.7 Å². The molecule has 5 heteroatoms. The highest BCUT2D eigenvalue weighted by Crippen LogP contribution is 2.18. The number of carbonyl (C=O) groups excluding carboxylic acids is 2. The van der Waals surface area contributed by atoms with E-state index >= 15 is 0 Å². The molecule has 0 fully saturated rings. The first-order valence-electron chi connectivity index (χ1n) is 30.8. The van der Waals surface area contributed by atoms with E-state index in [0.29, 0.717) is 12.8 Å². The lowest BCUT2D eigenvalue weighted by atomic mass is 10.0. The molecule has 0 spiro atoms. The number of carbonyl (C=O) groups is 2. The Balaban J connectivity index is 3.39. The number of hydrogen-bond donors (Lipinski definition) is 1. The number of esters is 2. The van der Waals surface area contributed by atoms with Crippen LogP contribution < -0.4 is 0 Å². The van der Waals surface area contributed by atoms with E-state index in [4.69, 9.17) is 9.47 Å². The van der Waals surface area contributed by atoms with Gasteiger partial charge < -0.3 is 14.6 Å². The lowest BCUT2D eigenvalue weighted by Gasteiger charge is -2.15. The van der Waals surface area contributed by atoms with Gasteiger partial charge in [-0.25, -0.2) is 0 Å². The number of rotatable bonds is 57. The number of ether oxygens (including phenoxy) is 2. The predicted octanol–water partition coefficient (Wildman–Crippen LogP) is 21.0. The fraction of sp³-hybridized carbons (Fsp3) is 0.815. The van der Waals surface area contributed by atoms with Gasteiger partial charge in [-0.15, -0.1) is 0 Å². The van der Waals surface area contributed by atoms with Crippen LogP contribution in [0.25, 0.3) is 0 Å². The van der Waals surface area contributed by atoms with Gasteiger partial charge >= 0.3 is 11.9 Å². The molecule has 0 radical (unpaired) electrons. The fourth-order valence-electron chi connectivity index (χ4n) is 9.24. The van der Waals surface area contributed by atoms with E-state index in [1.807, 2.05) is 0 Å². The zero-order chi connectivity index (χ0) is 50.6. The summed E-state index contributed by atoms with van der Waals surface area (Å²) in [6, 6.07) is 0. The summed E-state index contributed by atoms with van der Waals surface area (Å²) in [6.07, 6.45) is 82.6. The Morgan fingerprint density at radius 3 is 0.914 bits per heavy atom. The van der Waals surface area contributed by atoms with Crippen molar-refractivity contribution < 1.29 is 24.2 Å². The van der Waals surface area contributed by atoms with Crippen LogP contribution in [-0.2, 0) is 19.1 Å². The molecule has 0 rings (SSSR count). The quantitative estimate of drug-likeness (QED) is 0.0373. The lowest BCUT2D eigenvalue weighted by molar-refractivity contribution is -0.161. The molecule has 0 heterocycles. The molecule has 408 valence electrons. The van der Waals surface area contributed by atoms with Crippen LogP contribution in [0.1, 0.15) is 322 Å². The second kappa shape index (κ2) is 60.9. The number of allylic oxidation sites excluding steroid dienone is 10. The molecule has 1 unspecified atom stereocenters. The molecule has 0 aliphatic rings. The van der Waals surface area contributed by atoms with Gasteiger partial charge in [0.15, 0.2) is 6.10 Å². The predicted molar refractivity (Wildman–Crippen MR) is 307 cm³/mol. The van der Waals surface area contributed by atoms with Crippen molar-refractivity contribution in [3.63, 3.8) is 0 Å². The standard InChI is InChI=1S/C65H118O5/c1-3-5-7-9-11-13-15-17-19-21-22-23-24-25-26-27-28-29-30-31-32-33-34-35-36-37-38-39-40-41-42-44-45-47-49-51-53-55-57-59-64(67)69-62-63(61-66)70-65(68)60-58-56-54-52-50-48-46-43-20-18-16-14-12-10-8-6-4-2/h6,8,12,14,18,20,46,48,52,54,63,66H,3-5,7,9-11,13,15-17,19,21-45,47,49-51,53,55-62H2,1-2H3/b8-6-,14-12-,20-18-,48-46-,54-52-. The molecule has 0 aromatic rings. The van der Waals surface area contributed by atoms with E-state index in [2.05, 4.69) is 74.6 Å². The summed E-state index contributed by atoms with van der Waals surface area (Å²) < 4.78 is 10.6. The minimum absolute atomic E-state index is 0.0877. The minimum atomic E-state index is -0.803. The highest BCUT2D eigenvalue weighted by atomic mass is 16.6. The third kappa shape index (κ3) is 58.2. The molecule has 1 atom stereocenters. The molecule has 0 aliphatic carbocycles. The molecule has 0 saturated heterocycles. The van der Waals surface area contributed by atoms with Crippen LogP contribution >= 0.6 is 0 Å². The van der Waals surface area contributed by atoms with Crippen LogP contribution in [0, 0.1) is 0 Å². The SMILES string of the molecule is CC/C=C\C/C=C\C/C=C\C/C=C\C/C=C\CCCC(=O)OC(CO)COC(=O)CCCCCCCCCCCCCCCCCCCCCCCCCCCCCCCCCCCCCCCCC. The van der Waals surface area contributed by atoms with Gasteiger partial charge in [0.1, 0.15) is 6.61 Å². The molecule has 0 saturated carbocycles. The van der Waals surface area contributed by atoms with Gasteiger partial charge in [-0.05, 0) is 51.4 Å². The van der Waals surface area contributed by atoms with E-state index in [-0.39, 0.29) is 31.6 Å². The molecule has 0 aromatic carbocycles. The Kier molecular flexibility index (Phi) is 58.8. The van der Waals surface area contributed by atoms with E-state index in [0.717, 1.165) is 57.8 Å². The van der Waals surface area contributed by atoms with Gasteiger partial charge in [-0.2, -0.15) is 0 Å². The fourth-order valence-corrected chi connectivity index (χ4v) is 9.24. The largest absolute Gasteiger partial charge is 0.462 e. The normalized spacial score (nSPS) is 12.6. The number of aliphatic hydroxyl groups is 1. The van der Waals surface area contributed by atoms with Crippen molar-refractivity contribution in [1.29, 1.82) is 0 Å². The molecular formula is C65H118O5. The molecule has 70 heavy (non-hydrogen) atoms. The van der Waals surface area contributed by atoms with Crippen molar-refractivity contribution in [2.24, 2.45) is 0 Å². The maximum Gasteiger partial charge on any atom is 0.306 e. The average molecular weight is 980 g/mol. The van der Waals surface area contributed by atoms with Gasteiger partial charge in [0.2, 0.25) is 0 Å². The van der Waals surface area contributed by atoms with Crippen molar-refractivity contribution >= 4 is 11.9 Å². The third-order valence-electron chi connectivity index (χ3n) is 13.8. The molecule has 0 amide bonds. The maximum absolute atomic E-state index is 12.2. The third-order valence-corrected chi connectivity index (χ3v) is 13.8. The van der Waals surface area contributed by atoms with Gasteiger partial charge in [-0.1, -0.05) is 319 Å². The molecule has 0 bridgehead atoms. The molecule has 1 N–H and O–H groups in total. The first-order chi connectivity index (χ1) is 34.6. The Labute approximate surface area is 436 Å². The zero-order valence-electron chi connectivity index (χ0n) is 46.8. The summed E-state index contributed by atoms with van der Waals surface area (Å²) in [7, 11) is 0. The summed E-state index contributed by atoms with van der Waals surface area (Å²) in [5.74, 6) is -0.649. The lowest BCUT2D eigenvalue weighted by Crippen LogP contribution is -2.28. The van der Waals surface area contributed by atoms with Crippen molar-refractivity contribution in [2.75, 3.05) is 13.2 Å².